The lowest BCUT2D eigenvalue weighted by Crippen LogP contribution is -2.44. The zero-order valence-electron chi connectivity index (χ0n) is 16.6. The number of halogens is 1. The molecule has 154 valence electrons. The van der Waals surface area contributed by atoms with Crippen LogP contribution in [0.5, 0.6) is 0 Å². The maximum Gasteiger partial charge on any atom is 0.149 e. The first kappa shape index (κ1) is 20.1. The predicted molar refractivity (Wildman–Crippen MR) is 114 cm³/mol. The van der Waals surface area contributed by atoms with Gasteiger partial charge in [-0.3, -0.25) is 13.8 Å². The summed E-state index contributed by atoms with van der Waals surface area (Å²) in [6.07, 6.45) is 13.4. The van der Waals surface area contributed by atoms with Gasteiger partial charge in [-0.05, 0) is 25.9 Å². The minimum Gasteiger partial charge on any atom is -0.317 e. The molecule has 4 aromatic heterocycles. The van der Waals surface area contributed by atoms with Gasteiger partial charge in [-0.25, -0.2) is 9.97 Å². The smallest absolute Gasteiger partial charge is 0.149 e. The van der Waals surface area contributed by atoms with Crippen LogP contribution >= 0.6 is 12.4 Å². The number of imidazole rings is 1. The number of piperidine rings is 1. The van der Waals surface area contributed by atoms with E-state index < -0.39 is 0 Å². The molecule has 0 bridgehead atoms. The molecule has 5 rings (SSSR count). The van der Waals surface area contributed by atoms with Crippen LogP contribution in [0.3, 0.4) is 0 Å². The number of nitrogens with zero attached hydrogens (tertiary/aromatic N) is 8. The van der Waals surface area contributed by atoms with Crippen molar-refractivity contribution in [1.29, 1.82) is 5.26 Å². The van der Waals surface area contributed by atoms with Crippen molar-refractivity contribution < 1.29 is 0 Å². The Balaban J connectivity index is 0.00000218. The van der Waals surface area contributed by atoms with Crippen molar-refractivity contribution in [1.82, 2.24) is 39.2 Å². The van der Waals surface area contributed by atoms with E-state index in [1.54, 1.807) is 17.1 Å². The van der Waals surface area contributed by atoms with Crippen LogP contribution in [0.15, 0.2) is 43.2 Å². The Morgan fingerprint density at radius 1 is 1.17 bits per heavy atom. The number of rotatable bonds is 4. The molecule has 0 atom stereocenters. The zero-order valence-corrected chi connectivity index (χ0v) is 17.4. The molecule has 10 heteroatoms. The van der Waals surface area contributed by atoms with Gasteiger partial charge in [-0.1, -0.05) is 0 Å². The topological polar surface area (TPSA) is 102 Å². The average Bonchev–Trinajstić information content (AvgIpc) is 3.48. The quantitative estimate of drug-likeness (QED) is 0.540. The first-order valence-corrected chi connectivity index (χ1v) is 9.65. The van der Waals surface area contributed by atoms with Crippen molar-refractivity contribution in [3.8, 4) is 28.7 Å². The molecule has 5 heterocycles. The standard InChI is InChI=1S/C20H21N9.ClH/c1-27-13-15(11-24-27)17-10-18-23-8-9-28(18)19(26-17)16-12-25-29(14-16)20(2-5-21)3-6-22-7-4-20;/h8-14,22H,2-4,6-7H2,1H3;1H. The van der Waals surface area contributed by atoms with E-state index in [0.29, 0.717) is 6.42 Å². The third-order valence-corrected chi connectivity index (χ3v) is 5.66. The van der Waals surface area contributed by atoms with Gasteiger partial charge in [0.15, 0.2) is 0 Å². The Morgan fingerprint density at radius 3 is 2.70 bits per heavy atom. The summed E-state index contributed by atoms with van der Waals surface area (Å²) >= 11 is 0. The second kappa shape index (κ2) is 7.89. The molecule has 0 aromatic carbocycles. The molecule has 30 heavy (non-hydrogen) atoms. The van der Waals surface area contributed by atoms with Crippen molar-refractivity contribution in [3.63, 3.8) is 0 Å². The van der Waals surface area contributed by atoms with Gasteiger partial charge in [0.2, 0.25) is 0 Å². The van der Waals surface area contributed by atoms with Crippen molar-refractivity contribution in [3.05, 3.63) is 43.2 Å². The maximum absolute atomic E-state index is 9.40. The monoisotopic (exact) mass is 423 g/mol. The van der Waals surface area contributed by atoms with Crippen LogP contribution in [0.2, 0.25) is 0 Å². The van der Waals surface area contributed by atoms with Gasteiger partial charge < -0.3 is 5.32 Å². The molecule has 9 nitrogen and oxygen atoms in total. The van der Waals surface area contributed by atoms with Gasteiger partial charge in [-0.2, -0.15) is 15.5 Å². The minimum atomic E-state index is -0.271. The molecule has 0 unspecified atom stereocenters. The first-order chi connectivity index (χ1) is 14.2. The number of aromatic nitrogens is 7. The average molecular weight is 424 g/mol. The minimum absolute atomic E-state index is 0. The molecule has 0 radical (unpaired) electrons. The van der Waals surface area contributed by atoms with Gasteiger partial charge in [0.25, 0.3) is 0 Å². The fraction of sp³-hybridized carbons (Fsp3) is 0.350. The molecule has 1 fully saturated rings. The normalized spacial score (nSPS) is 15.6. The Hall–Kier alpha value is -3.22. The summed E-state index contributed by atoms with van der Waals surface area (Å²) in [7, 11) is 1.89. The van der Waals surface area contributed by atoms with Gasteiger partial charge in [0.05, 0.1) is 41.7 Å². The fourth-order valence-electron chi connectivity index (χ4n) is 4.05. The number of hydrogen-bond acceptors (Lipinski definition) is 6. The Morgan fingerprint density at radius 2 is 1.97 bits per heavy atom. The van der Waals surface area contributed by atoms with Gasteiger partial charge in [0.1, 0.15) is 11.5 Å². The molecule has 0 aliphatic carbocycles. The van der Waals surface area contributed by atoms with Crippen molar-refractivity contribution >= 4 is 18.1 Å². The predicted octanol–water partition coefficient (Wildman–Crippen LogP) is 2.41. The van der Waals surface area contributed by atoms with E-state index in [1.807, 2.05) is 47.0 Å². The van der Waals surface area contributed by atoms with Crippen LogP contribution in [-0.2, 0) is 12.6 Å². The molecular weight excluding hydrogens is 402 g/mol. The van der Waals surface area contributed by atoms with Gasteiger partial charge in [0, 0.05) is 43.5 Å². The first-order valence-electron chi connectivity index (χ1n) is 9.65. The van der Waals surface area contributed by atoms with E-state index in [9.17, 15) is 5.26 Å². The number of fused-ring (bicyclic) bond motifs is 1. The molecule has 1 aliphatic rings. The van der Waals surface area contributed by atoms with E-state index in [4.69, 9.17) is 4.98 Å². The Bertz CT molecular complexity index is 1210. The largest absolute Gasteiger partial charge is 0.317 e. The van der Waals surface area contributed by atoms with Crippen LogP contribution in [0.1, 0.15) is 19.3 Å². The van der Waals surface area contributed by atoms with Gasteiger partial charge in [-0.15, -0.1) is 12.4 Å². The summed E-state index contributed by atoms with van der Waals surface area (Å²) < 4.78 is 5.68. The van der Waals surface area contributed by atoms with Crippen LogP contribution in [0.4, 0.5) is 0 Å². The number of aryl methyl sites for hydroxylation is 1. The number of nitrogens with one attached hydrogen (secondary N) is 1. The Labute approximate surface area is 179 Å². The number of hydrogen-bond donors (Lipinski definition) is 1. The summed E-state index contributed by atoms with van der Waals surface area (Å²) in [6.45, 7) is 1.77. The van der Waals surface area contributed by atoms with Crippen molar-refractivity contribution in [2.75, 3.05) is 13.1 Å². The number of nitriles is 1. The second-order valence-electron chi connectivity index (χ2n) is 7.51. The highest BCUT2D eigenvalue weighted by Crippen LogP contribution is 2.32. The third-order valence-electron chi connectivity index (χ3n) is 5.66. The molecule has 0 spiro atoms. The van der Waals surface area contributed by atoms with Crippen LogP contribution in [0.25, 0.3) is 28.3 Å². The lowest BCUT2D eigenvalue weighted by Gasteiger charge is -2.36. The fourth-order valence-corrected chi connectivity index (χ4v) is 4.05. The summed E-state index contributed by atoms with van der Waals surface area (Å²) in [4.78, 5) is 9.35. The molecular formula is C20H22ClN9. The molecule has 1 aliphatic heterocycles. The molecule has 4 aromatic rings. The Kier molecular flexibility index (Phi) is 5.28. The highest BCUT2D eigenvalue weighted by atomic mass is 35.5. The second-order valence-corrected chi connectivity index (χ2v) is 7.51. The summed E-state index contributed by atoms with van der Waals surface area (Å²) in [5, 5.41) is 21.7. The SMILES string of the molecule is Cl.Cn1cc(-c2cc3nccn3c(-c3cnn(C4(CC#N)CCNCC4)c3)n2)cn1. The highest BCUT2D eigenvalue weighted by Gasteiger charge is 2.35. The molecule has 0 saturated carbocycles. The highest BCUT2D eigenvalue weighted by molar-refractivity contribution is 5.85. The summed E-state index contributed by atoms with van der Waals surface area (Å²) in [6, 6.07) is 4.31. The molecule has 1 saturated heterocycles. The van der Waals surface area contributed by atoms with Crippen molar-refractivity contribution in [2.45, 2.75) is 24.8 Å². The lowest BCUT2D eigenvalue weighted by atomic mass is 9.86. The van der Waals surface area contributed by atoms with Gasteiger partial charge >= 0.3 is 0 Å². The van der Waals surface area contributed by atoms with Crippen LogP contribution in [-0.4, -0.2) is 47.0 Å². The van der Waals surface area contributed by atoms with Crippen LogP contribution < -0.4 is 5.32 Å². The van der Waals surface area contributed by atoms with E-state index >= 15 is 0 Å². The van der Waals surface area contributed by atoms with Crippen molar-refractivity contribution in [2.24, 2.45) is 7.05 Å². The van der Waals surface area contributed by atoms with Crippen LogP contribution in [0, 0.1) is 11.3 Å². The van der Waals surface area contributed by atoms with E-state index in [0.717, 1.165) is 54.2 Å². The maximum atomic E-state index is 9.40. The molecule has 1 N–H and O–H groups in total. The third kappa shape index (κ3) is 3.34. The lowest BCUT2D eigenvalue weighted by molar-refractivity contribution is 0.189. The zero-order chi connectivity index (χ0) is 19.8. The summed E-state index contributed by atoms with van der Waals surface area (Å²) in [5.74, 6) is 0.770. The van der Waals surface area contributed by atoms with E-state index in [2.05, 4.69) is 26.6 Å². The molecule has 0 amide bonds. The van der Waals surface area contributed by atoms with E-state index in [1.165, 1.54) is 0 Å². The summed E-state index contributed by atoms with van der Waals surface area (Å²) in [5.41, 5.74) is 3.19. The van der Waals surface area contributed by atoms with E-state index in [-0.39, 0.29) is 17.9 Å².